The number of hydrogen-bond donors (Lipinski definition) is 3. The van der Waals surface area contributed by atoms with Crippen LogP contribution in [-0.4, -0.2) is 63.4 Å². The molecule has 0 aliphatic heterocycles. The summed E-state index contributed by atoms with van der Waals surface area (Å²) in [7, 11) is 5.09. The molecule has 0 aromatic heterocycles. The van der Waals surface area contributed by atoms with Gasteiger partial charge in [0.15, 0.2) is 13.1 Å². The van der Waals surface area contributed by atoms with E-state index in [9.17, 15) is 14.4 Å². The van der Waals surface area contributed by atoms with Gasteiger partial charge in [-0.15, -0.1) is 0 Å². The summed E-state index contributed by atoms with van der Waals surface area (Å²) in [6.45, 7) is 0.237. The lowest BCUT2D eigenvalue weighted by atomic mass is 10.3. The Morgan fingerprint density at radius 2 is 1.78 bits per heavy atom. The molecule has 1 atom stereocenters. The van der Waals surface area contributed by atoms with Crippen molar-refractivity contribution in [2.45, 2.75) is 0 Å². The quantitative estimate of drug-likeness (QED) is 0.569. The molecule has 8 heteroatoms. The Morgan fingerprint density at radius 3 is 2.39 bits per heavy atom. The number of rotatable bonds is 7. The Kier molecular flexibility index (Phi) is 7.70. The summed E-state index contributed by atoms with van der Waals surface area (Å²) in [6, 6.07) is 7.22. The third-order valence-electron chi connectivity index (χ3n) is 3.01. The van der Waals surface area contributed by atoms with Crippen molar-refractivity contribution in [2.75, 3.05) is 46.1 Å². The first-order valence-electron chi connectivity index (χ1n) is 7.12. The molecule has 0 bridgehead atoms. The number of likely N-dealkylation sites (N-methyl/N-ethyl adjacent to an activating group) is 2. The number of para-hydroxylation sites is 1. The maximum atomic E-state index is 11.8. The van der Waals surface area contributed by atoms with E-state index in [1.165, 1.54) is 4.90 Å². The fraction of sp³-hybridized carbons (Fsp3) is 0.400. The molecular weight excluding hydrogens is 364 g/mol. The van der Waals surface area contributed by atoms with E-state index < -0.39 is 0 Å². The highest BCUT2D eigenvalue weighted by molar-refractivity contribution is 9.10. The van der Waals surface area contributed by atoms with Gasteiger partial charge in [-0.25, -0.2) is 0 Å². The minimum atomic E-state index is -0.313. The zero-order valence-electron chi connectivity index (χ0n) is 13.5. The number of carbonyl (C=O) groups is 3. The van der Waals surface area contributed by atoms with Gasteiger partial charge in [0.1, 0.15) is 0 Å². The second kappa shape index (κ2) is 9.26. The standard InChI is InChI=1S/C15H21BrN4O3/c1-19(2)15(23)10-20(3)9-14(22)17-8-13(21)18-12-7-5-4-6-11(12)16/h4-7H,8-10H2,1-3H3,(H,17,22)(H,18,21)/p+1. The number of nitrogens with one attached hydrogen (secondary N) is 3. The van der Waals surface area contributed by atoms with Gasteiger partial charge in [0, 0.05) is 18.6 Å². The lowest BCUT2D eigenvalue weighted by Gasteiger charge is -2.16. The Labute approximate surface area is 144 Å². The molecule has 1 aromatic rings. The predicted octanol–water partition coefficient (Wildman–Crippen LogP) is -0.893. The third kappa shape index (κ3) is 7.25. The van der Waals surface area contributed by atoms with Crippen molar-refractivity contribution in [2.24, 2.45) is 0 Å². The Bertz CT molecular complexity index is 578. The van der Waals surface area contributed by atoms with Crippen molar-refractivity contribution in [3.63, 3.8) is 0 Å². The van der Waals surface area contributed by atoms with Crippen molar-refractivity contribution >= 4 is 39.3 Å². The minimum absolute atomic E-state index is 0.0537. The molecule has 0 fully saturated rings. The van der Waals surface area contributed by atoms with Gasteiger partial charge in [0.05, 0.1) is 19.3 Å². The van der Waals surface area contributed by atoms with E-state index in [4.69, 9.17) is 0 Å². The van der Waals surface area contributed by atoms with Crippen LogP contribution in [0.15, 0.2) is 28.7 Å². The summed E-state index contributed by atoms with van der Waals surface area (Å²) in [4.78, 5) is 37.4. The van der Waals surface area contributed by atoms with E-state index in [0.29, 0.717) is 5.69 Å². The number of quaternary nitrogens is 1. The van der Waals surface area contributed by atoms with Crippen LogP contribution in [0.2, 0.25) is 0 Å². The Balaban J connectivity index is 2.34. The van der Waals surface area contributed by atoms with Crippen LogP contribution in [0.25, 0.3) is 0 Å². The largest absolute Gasteiger partial charge is 0.344 e. The maximum absolute atomic E-state index is 11.8. The molecule has 0 heterocycles. The second-order valence-electron chi connectivity index (χ2n) is 5.40. The van der Waals surface area contributed by atoms with Gasteiger partial charge in [-0.2, -0.15) is 0 Å². The molecular formula is C15H22BrN4O3+. The van der Waals surface area contributed by atoms with Gasteiger partial charge in [0.25, 0.3) is 11.8 Å². The maximum Gasteiger partial charge on any atom is 0.277 e. The van der Waals surface area contributed by atoms with Crippen LogP contribution in [0, 0.1) is 0 Å². The molecule has 3 N–H and O–H groups in total. The van der Waals surface area contributed by atoms with E-state index in [1.54, 1.807) is 33.3 Å². The van der Waals surface area contributed by atoms with Crippen molar-refractivity contribution in [3.8, 4) is 0 Å². The zero-order valence-corrected chi connectivity index (χ0v) is 15.1. The molecule has 0 saturated heterocycles. The highest BCUT2D eigenvalue weighted by Crippen LogP contribution is 2.20. The molecule has 1 aromatic carbocycles. The molecule has 0 saturated carbocycles. The van der Waals surface area contributed by atoms with Crippen molar-refractivity contribution in [1.29, 1.82) is 0 Å². The van der Waals surface area contributed by atoms with Gasteiger partial charge in [-0.3, -0.25) is 14.4 Å². The number of carbonyl (C=O) groups excluding carboxylic acids is 3. The van der Waals surface area contributed by atoms with Crippen LogP contribution in [0.3, 0.4) is 0 Å². The van der Waals surface area contributed by atoms with Crippen LogP contribution in [0.1, 0.15) is 0 Å². The zero-order chi connectivity index (χ0) is 17.4. The minimum Gasteiger partial charge on any atom is -0.344 e. The van der Waals surface area contributed by atoms with E-state index in [1.807, 2.05) is 12.1 Å². The number of halogens is 1. The van der Waals surface area contributed by atoms with E-state index in [0.717, 1.165) is 9.37 Å². The van der Waals surface area contributed by atoms with Crippen LogP contribution < -0.4 is 15.5 Å². The van der Waals surface area contributed by atoms with Crippen molar-refractivity contribution < 1.29 is 19.3 Å². The summed E-state index contributed by atoms with van der Waals surface area (Å²) in [5.74, 6) is -0.648. The van der Waals surface area contributed by atoms with Crippen LogP contribution in [0.4, 0.5) is 5.69 Å². The van der Waals surface area contributed by atoms with Crippen LogP contribution >= 0.6 is 15.9 Å². The first kappa shape index (κ1) is 19.1. The van der Waals surface area contributed by atoms with Gasteiger partial charge in [-0.05, 0) is 28.1 Å². The molecule has 0 spiro atoms. The fourth-order valence-corrected chi connectivity index (χ4v) is 2.14. The van der Waals surface area contributed by atoms with Gasteiger partial charge >= 0.3 is 0 Å². The molecule has 0 aliphatic carbocycles. The van der Waals surface area contributed by atoms with E-state index in [-0.39, 0.29) is 37.4 Å². The lowest BCUT2D eigenvalue weighted by Crippen LogP contribution is -3.11. The number of hydrogen-bond acceptors (Lipinski definition) is 3. The topological polar surface area (TPSA) is 83.0 Å². The Morgan fingerprint density at radius 1 is 1.13 bits per heavy atom. The summed E-state index contributed by atoms with van der Waals surface area (Å²) in [6.07, 6.45) is 0. The average molecular weight is 386 g/mol. The van der Waals surface area contributed by atoms with Crippen molar-refractivity contribution in [1.82, 2.24) is 10.2 Å². The molecule has 1 rings (SSSR count). The summed E-state index contributed by atoms with van der Waals surface area (Å²) in [5.41, 5.74) is 0.645. The highest BCUT2D eigenvalue weighted by atomic mass is 79.9. The highest BCUT2D eigenvalue weighted by Gasteiger charge is 2.16. The van der Waals surface area contributed by atoms with Crippen molar-refractivity contribution in [3.05, 3.63) is 28.7 Å². The molecule has 3 amide bonds. The molecule has 0 radical (unpaired) electrons. The smallest absolute Gasteiger partial charge is 0.277 e. The third-order valence-corrected chi connectivity index (χ3v) is 3.70. The number of amides is 3. The monoisotopic (exact) mass is 385 g/mol. The molecule has 0 aliphatic rings. The first-order chi connectivity index (χ1) is 10.8. The van der Waals surface area contributed by atoms with Gasteiger partial charge in [-0.1, -0.05) is 12.1 Å². The van der Waals surface area contributed by atoms with E-state index >= 15 is 0 Å². The molecule has 1 unspecified atom stereocenters. The van der Waals surface area contributed by atoms with Crippen LogP contribution in [-0.2, 0) is 14.4 Å². The Hall–Kier alpha value is -1.93. The molecule has 23 heavy (non-hydrogen) atoms. The fourth-order valence-electron chi connectivity index (χ4n) is 1.75. The molecule has 7 nitrogen and oxygen atoms in total. The number of benzene rings is 1. The van der Waals surface area contributed by atoms with Gasteiger partial charge in [0.2, 0.25) is 5.91 Å². The first-order valence-corrected chi connectivity index (χ1v) is 7.91. The van der Waals surface area contributed by atoms with Gasteiger partial charge < -0.3 is 20.4 Å². The predicted molar refractivity (Wildman–Crippen MR) is 91.1 cm³/mol. The summed E-state index contributed by atoms with van der Waals surface area (Å²) >= 11 is 3.33. The molecule has 126 valence electrons. The number of anilines is 1. The van der Waals surface area contributed by atoms with Crippen LogP contribution in [0.5, 0.6) is 0 Å². The average Bonchev–Trinajstić information content (AvgIpc) is 2.47. The summed E-state index contributed by atoms with van der Waals surface area (Å²) < 4.78 is 0.769. The second-order valence-corrected chi connectivity index (χ2v) is 6.26. The lowest BCUT2D eigenvalue weighted by molar-refractivity contribution is -0.862. The van der Waals surface area contributed by atoms with E-state index in [2.05, 4.69) is 26.6 Å². The summed E-state index contributed by atoms with van der Waals surface area (Å²) in [5, 5.41) is 5.24. The normalized spacial score (nSPS) is 11.5. The SMILES string of the molecule is CN(C)C(=O)C[NH+](C)CC(=O)NCC(=O)Nc1ccccc1Br. The number of nitrogens with zero attached hydrogens (tertiary/aromatic N) is 1.